The average Bonchev–Trinajstić information content (AvgIpc) is 3.66. The van der Waals surface area contributed by atoms with Crippen molar-refractivity contribution in [2.45, 2.75) is 44.2 Å². The van der Waals surface area contributed by atoms with Crippen LogP contribution in [0.2, 0.25) is 15.1 Å². The molecule has 2 aromatic carbocycles. The molecular weight excluding hydrogens is 629 g/mol. The van der Waals surface area contributed by atoms with E-state index in [2.05, 4.69) is 10.5 Å². The van der Waals surface area contributed by atoms with Crippen molar-refractivity contribution in [3.8, 4) is 0 Å². The smallest absolute Gasteiger partial charge is 0.423 e. The van der Waals surface area contributed by atoms with E-state index in [0.717, 1.165) is 23.3 Å². The van der Waals surface area contributed by atoms with Crippen LogP contribution in [0.3, 0.4) is 0 Å². The lowest BCUT2D eigenvalue weighted by Crippen LogP contribution is -2.42. The second-order valence-corrected chi connectivity index (χ2v) is 12.1. The fourth-order valence-corrected chi connectivity index (χ4v) is 6.15. The molecule has 2 aromatic heterocycles. The highest BCUT2D eigenvalue weighted by Crippen LogP contribution is 2.50. The molecule has 0 radical (unpaired) electrons. The van der Waals surface area contributed by atoms with E-state index in [1.165, 1.54) is 12.1 Å². The molecule has 2 aliphatic heterocycles. The highest BCUT2D eigenvalue weighted by atomic mass is 35.5. The van der Waals surface area contributed by atoms with Crippen molar-refractivity contribution in [3.63, 3.8) is 0 Å². The number of nitrogens with zero attached hydrogens (tertiary/aromatic N) is 2. The zero-order valence-electron chi connectivity index (χ0n) is 22.6. The molecule has 0 unspecified atom stereocenters. The molecule has 7 nitrogen and oxygen atoms in total. The van der Waals surface area contributed by atoms with Crippen LogP contribution in [-0.2, 0) is 27.2 Å². The molecule has 0 spiro atoms. The standard InChI is InChI=1S/C29H22BCl3F3N3O4/c1-27(2)18-7-5-15(10-19(18)30(41)42-27)14-37-26(40)17-6-8-24(39-9-3-4-23(17)39)22-13-28(43-38-22,29(34,35)36)16-11-20(31)25(33)21(32)12-16/h3-12,41H,13-14H2,1-2H3,(H,37,40)/t28-/m1/s1. The third kappa shape index (κ3) is 4.97. The maximum Gasteiger partial charge on any atom is 0.492 e. The van der Waals surface area contributed by atoms with E-state index in [-0.39, 0.29) is 32.9 Å². The van der Waals surface area contributed by atoms with Crippen LogP contribution in [0.25, 0.3) is 5.52 Å². The zero-order valence-corrected chi connectivity index (χ0v) is 24.9. The lowest BCUT2D eigenvalue weighted by molar-refractivity contribution is -0.275. The topological polar surface area (TPSA) is 84.6 Å². The number of amides is 1. The van der Waals surface area contributed by atoms with Gasteiger partial charge in [-0.15, -0.1) is 0 Å². The Morgan fingerprint density at radius 1 is 1.12 bits per heavy atom. The number of carbonyl (C=O) groups excluding carboxylic acids is 1. The molecule has 2 N–H and O–H groups in total. The summed E-state index contributed by atoms with van der Waals surface area (Å²) in [5.74, 6) is -0.396. The summed E-state index contributed by atoms with van der Waals surface area (Å²) in [4.78, 5) is 18.4. The number of pyridine rings is 1. The summed E-state index contributed by atoms with van der Waals surface area (Å²) in [5, 5.41) is 16.6. The van der Waals surface area contributed by atoms with Gasteiger partial charge in [-0.25, -0.2) is 0 Å². The van der Waals surface area contributed by atoms with Crippen molar-refractivity contribution in [3.05, 3.63) is 104 Å². The molecule has 14 heteroatoms. The number of nitrogens with one attached hydrogen (secondary N) is 1. The van der Waals surface area contributed by atoms with Crippen LogP contribution < -0.4 is 10.8 Å². The first-order valence-corrected chi connectivity index (χ1v) is 14.2. The Kier molecular flexibility index (Phi) is 7.25. The van der Waals surface area contributed by atoms with Crippen LogP contribution >= 0.6 is 34.8 Å². The van der Waals surface area contributed by atoms with Crippen LogP contribution in [0, 0.1) is 0 Å². The second kappa shape index (κ2) is 10.5. The van der Waals surface area contributed by atoms with E-state index in [0.29, 0.717) is 22.2 Å². The van der Waals surface area contributed by atoms with Gasteiger partial charge < -0.3 is 24.2 Å². The minimum atomic E-state index is -4.89. The van der Waals surface area contributed by atoms with Crippen LogP contribution in [0.1, 0.15) is 53.0 Å². The Bertz CT molecular complexity index is 1800. The van der Waals surface area contributed by atoms with E-state index < -0.39 is 36.8 Å². The van der Waals surface area contributed by atoms with E-state index in [1.807, 2.05) is 26.0 Å². The van der Waals surface area contributed by atoms with Gasteiger partial charge in [0.1, 0.15) is 5.71 Å². The molecule has 0 fully saturated rings. The molecule has 0 bridgehead atoms. The summed E-state index contributed by atoms with van der Waals surface area (Å²) in [6, 6.07) is 14.0. The monoisotopic (exact) mass is 649 g/mol. The van der Waals surface area contributed by atoms with Gasteiger partial charge in [0.15, 0.2) is 0 Å². The van der Waals surface area contributed by atoms with Gasteiger partial charge in [-0.3, -0.25) is 4.79 Å². The minimum Gasteiger partial charge on any atom is -0.423 e. The summed E-state index contributed by atoms with van der Waals surface area (Å²) in [5.41, 5.74) is -0.452. The van der Waals surface area contributed by atoms with E-state index >= 15 is 0 Å². The number of rotatable bonds is 5. The predicted octanol–water partition coefficient (Wildman–Crippen LogP) is 6.36. The summed E-state index contributed by atoms with van der Waals surface area (Å²) >= 11 is 18.1. The third-order valence-electron chi connectivity index (χ3n) is 7.76. The largest absolute Gasteiger partial charge is 0.492 e. The average molecular weight is 651 g/mol. The number of alkyl halides is 3. The molecule has 4 aromatic rings. The van der Waals surface area contributed by atoms with Gasteiger partial charge in [0, 0.05) is 18.3 Å². The molecule has 0 aliphatic carbocycles. The molecule has 0 saturated carbocycles. The van der Waals surface area contributed by atoms with Crippen LogP contribution in [0.5, 0.6) is 0 Å². The normalized spacial score (nSPS) is 19.4. The van der Waals surface area contributed by atoms with E-state index in [1.54, 1.807) is 28.8 Å². The first kappa shape index (κ1) is 29.8. The number of halogens is 6. The molecule has 6 rings (SSSR count). The first-order chi connectivity index (χ1) is 20.2. The second-order valence-electron chi connectivity index (χ2n) is 10.9. The molecule has 0 saturated heterocycles. The van der Waals surface area contributed by atoms with Gasteiger partial charge >= 0.3 is 13.3 Å². The number of hydrogen-bond acceptors (Lipinski definition) is 5. The Morgan fingerprint density at radius 3 is 2.53 bits per heavy atom. The summed E-state index contributed by atoms with van der Waals surface area (Å²) in [6.45, 7) is 3.91. The molecule has 43 heavy (non-hydrogen) atoms. The van der Waals surface area contributed by atoms with Crippen molar-refractivity contribution in [1.82, 2.24) is 9.72 Å². The molecule has 2 aliphatic rings. The highest BCUT2D eigenvalue weighted by molar-refractivity contribution is 6.62. The van der Waals surface area contributed by atoms with Crippen molar-refractivity contribution in [2.75, 3.05) is 0 Å². The minimum absolute atomic E-state index is 0.00881. The molecular formula is C29H22BCl3F3N3O4. The summed E-state index contributed by atoms with van der Waals surface area (Å²) in [6.07, 6.45) is -3.94. The fourth-order valence-electron chi connectivity index (χ4n) is 5.55. The van der Waals surface area contributed by atoms with Crippen LogP contribution in [0.4, 0.5) is 13.2 Å². The van der Waals surface area contributed by atoms with Crippen molar-refractivity contribution >= 4 is 64.5 Å². The van der Waals surface area contributed by atoms with Gasteiger partial charge in [-0.2, -0.15) is 13.2 Å². The Morgan fingerprint density at radius 2 is 1.84 bits per heavy atom. The molecule has 1 amide bonds. The summed E-state index contributed by atoms with van der Waals surface area (Å²) < 4.78 is 50.8. The van der Waals surface area contributed by atoms with Crippen molar-refractivity contribution < 1.29 is 32.5 Å². The first-order valence-electron chi connectivity index (χ1n) is 13.1. The maximum absolute atomic E-state index is 14.5. The number of aromatic nitrogens is 1. The van der Waals surface area contributed by atoms with Crippen molar-refractivity contribution in [2.24, 2.45) is 5.16 Å². The maximum atomic E-state index is 14.5. The Hall–Kier alpha value is -3.22. The lowest BCUT2D eigenvalue weighted by Gasteiger charge is -2.30. The Labute approximate surface area is 259 Å². The summed E-state index contributed by atoms with van der Waals surface area (Å²) in [7, 11) is -1.05. The zero-order chi connectivity index (χ0) is 30.9. The van der Waals surface area contributed by atoms with E-state index in [9.17, 15) is 23.0 Å². The van der Waals surface area contributed by atoms with E-state index in [4.69, 9.17) is 44.3 Å². The highest BCUT2D eigenvalue weighted by Gasteiger charge is 2.62. The SMILES string of the molecule is CC1(C)OB(O)c2cc(CNC(=O)c3ccc(C4=NO[C@](c5cc(Cl)c(Cl)c(Cl)c5)(C(F)(F)F)C4)n4cccc34)ccc21. The van der Waals surface area contributed by atoms with Crippen molar-refractivity contribution in [1.29, 1.82) is 0 Å². The molecule has 4 heterocycles. The molecule has 222 valence electrons. The Balaban J connectivity index is 1.26. The predicted molar refractivity (Wildman–Crippen MR) is 158 cm³/mol. The number of benzene rings is 2. The van der Waals surface area contributed by atoms with Gasteiger partial charge in [-0.1, -0.05) is 58.2 Å². The van der Waals surface area contributed by atoms with Gasteiger partial charge in [-0.05, 0) is 66.8 Å². The number of oxime groups is 1. The molecule has 1 atom stereocenters. The lowest BCUT2D eigenvalue weighted by atomic mass is 9.77. The number of carbonyl (C=O) groups is 1. The fraction of sp³-hybridized carbons (Fsp3) is 0.241. The number of fused-ring (bicyclic) bond motifs is 2. The van der Waals surface area contributed by atoms with Crippen LogP contribution in [0.15, 0.2) is 65.9 Å². The number of hydrogen-bond donors (Lipinski definition) is 2. The van der Waals surface area contributed by atoms with Gasteiger partial charge in [0.05, 0.1) is 43.9 Å². The van der Waals surface area contributed by atoms with Gasteiger partial charge in [0.25, 0.3) is 11.5 Å². The third-order valence-corrected chi connectivity index (χ3v) is 8.96. The van der Waals surface area contributed by atoms with Crippen LogP contribution in [-0.4, -0.2) is 34.3 Å². The quantitative estimate of drug-likeness (QED) is 0.195. The van der Waals surface area contributed by atoms with Gasteiger partial charge in [0.2, 0.25) is 0 Å².